The van der Waals surface area contributed by atoms with E-state index in [2.05, 4.69) is 9.72 Å². The number of hydrogen-bond donors (Lipinski definition) is 2. The topological polar surface area (TPSA) is 137 Å². The van der Waals surface area contributed by atoms with Gasteiger partial charge in [0.05, 0.1) is 12.5 Å². The molecule has 1 aromatic rings. The highest BCUT2D eigenvalue weighted by Crippen LogP contribution is 2.26. The van der Waals surface area contributed by atoms with Crippen molar-refractivity contribution in [2.75, 3.05) is 13.2 Å². The molecule has 0 amide bonds. The fraction of sp³-hybridized carbons (Fsp3) is 0.538. The van der Waals surface area contributed by atoms with Crippen LogP contribution in [0.1, 0.15) is 25.5 Å². The minimum absolute atomic E-state index is 0.0689. The zero-order valence-electron chi connectivity index (χ0n) is 12.1. The summed E-state index contributed by atoms with van der Waals surface area (Å²) in [5, 5.41) is 8.40. The number of aromatic nitrogens is 2. The molecule has 126 valence electrons. The van der Waals surface area contributed by atoms with E-state index in [1.54, 1.807) is 0 Å². The van der Waals surface area contributed by atoms with Gasteiger partial charge in [0.15, 0.2) is 0 Å². The van der Waals surface area contributed by atoms with Crippen molar-refractivity contribution in [1.82, 2.24) is 9.55 Å². The minimum Gasteiger partial charge on any atom is -0.481 e. The number of ether oxygens (including phenoxy) is 3. The summed E-state index contributed by atoms with van der Waals surface area (Å²) >= 11 is 0. The van der Waals surface area contributed by atoms with Crippen LogP contribution in [0, 0.1) is 0 Å². The zero-order chi connectivity index (χ0) is 16.8. The van der Waals surface area contributed by atoms with Gasteiger partial charge in [0.1, 0.15) is 19.4 Å². The van der Waals surface area contributed by atoms with Crippen LogP contribution in [0.5, 0.6) is 0 Å². The molecular formula is C13H16N2O8. The smallest absolute Gasteiger partial charge is 0.481 e. The lowest BCUT2D eigenvalue weighted by Gasteiger charge is -2.15. The molecule has 0 saturated carbocycles. The number of nitrogens with zero attached hydrogens (tertiary/aromatic N) is 1. The molecule has 2 unspecified atom stereocenters. The van der Waals surface area contributed by atoms with Crippen LogP contribution in [0.2, 0.25) is 0 Å². The average Bonchev–Trinajstić information content (AvgIpc) is 2.93. The second kappa shape index (κ2) is 7.58. The van der Waals surface area contributed by atoms with Crippen LogP contribution in [0.4, 0.5) is 4.79 Å². The van der Waals surface area contributed by atoms with Crippen LogP contribution in [0.15, 0.2) is 21.9 Å². The van der Waals surface area contributed by atoms with E-state index < -0.39 is 35.7 Å². The Kier molecular flexibility index (Phi) is 5.52. The molecule has 0 bridgehead atoms. The fourth-order valence-electron chi connectivity index (χ4n) is 2.09. The number of carbonyl (C=O) groups excluding carboxylic acids is 1. The van der Waals surface area contributed by atoms with E-state index in [-0.39, 0.29) is 19.6 Å². The average molecular weight is 328 g/mol. The maximum absolute atomic E-state index is 11.6. The third kappa shape index (κ3) is 4.95. The first-order valence-electron chi connectivity index (χ1n) is 6.94. The minimum atomic E-state index is -1.08. The molecule has 0 radical (unpaired) electrons. The van der Waals surface area contributed by atoms with Crippen molar-refractivity contribution in [3.63, 3.8) is 0 Å². The molecule has 1 saturated heterocycles. The number of nitrogens with one attached hydrogen (secondary N) is 1. The second-order valence-electron chi connectivity index (χ2n) is 4.86. The van der Waals surface area contributed by atoms with Crippen molar-refractivity contribution in [2.24, 2.45) is 0 Å². The molecule has 2 atom stereocenters. The van der Waals surface area contributed by atoms with Crippen molar-refractivity contribution in [2.45, 2.75) is 31.6 Å². The summed E-state index contributed by atoms with van der Waals surface area (Å²) in [4.78, 5) is 46.3. The number of rotatable bonds is 6. The van der Waals surface area contributed by atoms with E-state index >= 15 is 0 Å². The maximum atomic E-state index is 11.6. The van der Waals surface area contributed by atoms with E-state index in [0.29, 0.717) is 12.8 Å². The number of aliphatic carboxylic acids is 1. The lowest BCUT2D eigenvalue weighted by atomic mass is 10.2. The number of hydrogen-bond acceptors (Lipinski definition) is 7. The highest BCUT2D eigenvalue weighted by molar-refractivity contribution is 5.67. The van der Waals surface area contributed by atoms with Crippen LogP contribution < -0.4 is 11.2 Å². The van der Waals surface area contributed by atoms with Gasteiger partial charge in [-0.2, -0.15) is 0 Å². The lowest BCUT2D eigenvalue weighted by Crippen LogP contribution is -2.32. The molecule has 2 N–H and O–H groups in total. The van der Waals surface area contributed by atoms with E-state index in [4.69, 9.17) is 14.6 Å². The Morgan fingerprint density at radius 2 is 2.13 bits per heavy atom. The van der Waals surface area contributed by atoms with Gasteiger partial charge in [-0.05, 0) is 12.8 Å². The Labute approximate surface area is 129 Å². The summed E-state index contributed by atoms with van der Waals surface area (Å²) in [6.45, 7) is -0.338. The quantitative estimate of drug-likeness (QED) is 0.687. The summed E-state index contributed by atoms with van der Waals surface area (Å²) < 4.78 is 16.2. The number of H-pyrrole nitrogens is 1. The van der Waals surface area contributed by atoms with Gasteiger partial charge < -0.3 is 19.3 Å². The van der Waals surface area contributed by atoms with E-state index in [0.717, 1.165) is 0 Å². The largest absolute Gasteiger partial charge is 0.508 e. The Hall–Kier alpha value is -2.62. The van der Waals surface area contributed by atoms with Crippen molar-refractivity contribution >= 4 is 12.1 Å². The number of carboxylic acid groups (broad SMARTS) is 1. The van der Waals surface area contributed by atoms with Crippen LogP contribution in [-0.2, 0) is 19.0 Å². The van der Waals surface area contributed by atoms with Crippen LogP contribution in [-0.4, -0.2) is 46.1 Å². The first-order valence-corrected chi connectivity index (χ1v) is 6.94. The zero-order valence-corrected chi connectivity index (χ0v) is 12.1. The third-order valence-corrected chi connectivity index (χ3v) is 3.17. The third-order valence-electron chi connectivity index (χ3n) is 3.17. The Bertz CT molecular complexity index is 679. The highest BCUT2D eigenvalue weighted by atomic mass is 16.7. The van der Waals surface area contributed by atoms with Crippen molar-refractivity contribution in [1.29, 1.82) is 0 Å². The number of carboxylic acids is 1. The monoisotopic (exact) mass is 328 g/mol. The Balaban J connectivity index is 1.77. The highest BCUT2D eigenvalue weighted by Gasteiger charge is 2.28. The molecule has 1 aliphatic rings. The molecular weight excluding hydrogens is 312 g/mol. The Morgan fingerprint density at radius 3 is 2.83 bits per heavy atom. The first kappa shape index (κ1) is 16.7. The summed E-state index contributed by atoms with van der Waals surface area (Å²) in [5.74, 6) is -1.08. The van der Waals surface area contributed by atoms with Gasteiger partial charge in [-0.3, -0.25) is 19.1 Å². The molecule has 1 aliphatic heterocycles. The second-order valence-corrected chi connectivity index (χ2v) is 4.86. The molecule has 1 fully saturated rings. The van der Waals surface area contributed by atoms with Crippen LogP contribution >= 0.6 is 0 Å². The van der Waals surface area contributed by atoms with Gasteiger partial charge >= 0.3 is 17.8 Å². The molecule has 2 heterocycles. The van der Waals surface area contributed by atoms with Crippen LogP contribution in [0.25, 0.3) is 0 Å². The van der Waals surface area contributed by atoms with Gasteiger partial charge in [-0.25, -0.2) is 9.59 Å². The molecule has 10 nitrogen and oxygen atoms in total. The standard InChI is InChI=1S/C13H16N2O8/c16-9-3-5-15(12(19)14-9)10-2-1-8(23-10)7-22-13(20)21-6-4-11(17)18/h3,5,8,10H,1-2,4,6-7H2,(H,17,18)(H,14,16,19). The Morgan fingerprint density at radius 1 is 1.35 bits per heavy atom. The summed E-state index contributed by atoms with van der Waals surface area (Å²) in [7, 11) is 0. The predicted octanol–water partition coefficient (Wildman–Crippen LogP) is -0.158. The molecule has 10 heteroatoms. The molecule has 2 rings (SSSR count). The van der Waals surface area contributed by atoms with Gasteiger partial charge in [-0.1, -0.05) is 0 Å². The lowest BCUT2D eigenvalue weighted by molar-refractivity contribution is -0.137. The van der Waals surface area contributed by atoms with E-state index in [1.165, 1.54) is 16.8 Å². The first-order chi connectivity index (χ1) is 11.0. The normalized spacial score (nSPS) is 20.2. The summed E-state index contributed by atoms with van der Waals surface area (Å²) in [6, 6.07) is 1.22. The molecule has 0 aromatic carbocycles. The maximum Gasteiger partial charge on any atom is 0.508 e. The summed E-state index contributed by atoms with van der Waals surface area (Å²) in [6.07, 6.45) is 0.190. The molecule has 0 aliphatic carbocycles. The van der Waals surface area contributed by atoms with Crippen LogP contribution in [0.3, 0.4) is 0 Å². The van der Waals surface area contributed by atoms with Gasteiger partial charge in [0.2, 0.25) is 0 Å². The molecule has 0 spiro atoms. The van der Waals surface area contributed by atoms with Crippen molar-refractivity contribution in [3.8, 4) is 0 Å². The van der Waals surface area contributed by atoms with E-state index in [1.807, 2.05) is 0 Å². The number of carbonyl (C=O) groups is 2. The van der Waals surface area contributed by atoms with Gasteiger partial charge in [-0.15, -0.1) is 0 Å². The van der Waals surface area contributed by atoms with Gasteiger partial charge in [0.25, 0.3) is 5.56 Å². The van der Waals surface area contributed by atoms with Gasteiger partial charge in [0, 0.05) is 12.3 Å². The van der Waals surface area contributed by atoms with Crippen molar-refractivity contribution < 1.29 is 28.9 Å². The predicted molar refractivity (Wildman–Crippen MR) is 74.0 cm³/mol. The fourth-order valence-corrected chi connectivity index (χ4v) is 2.09. The SMILES string of the molecule is O=C(O)CCOC(=O)OCC1CCC(n2ccc(=O)[nH]c2=O)O1. The summed E-state index contributed by atoms with van der Waals surface area (Å²) in [5.41, 5.74) is -1.06. The van der Waals surface area contributed by atoms with Crippen molar-refractivity contribution in [3.05, 3.63) is 33.1 Å². The molecule has 23 heavy (non-hydrogen) atoms. The molecule has 1 aromatic heterocycles. The van der Waals surface area contributed by atoms with E-state index in [9.17, 15) is 19.2 Å². The number of aromatic amines is 1.